The van der Waals surface area contributed by atoms with E-state index in [-0.39, 0.29) is 24.0 Å². The highest BCUT2D eigenvalue weighted by atomic mass is 16.5. The van der Waals surface area contributed by atoms with Crippen LogP contribution in [0.15, 0.2) is 29.0 Å². The van der Waals surface area contributed by atoms with Gasteiger partial charge in [0.05, 0.1) is 0 Å². The van der Waals surface area contributed by atoms with Crippen LogP contribution in [-0.2, 0) is 22.6 Å². The maximum atomic E-state index is 12.1. The number of nitrogens with one attached hydrogen (secondary N) is 1. The molecule has 1 heterocycles. The SMILES string of the molecule is Cc1ccc(CCNC(=O)c2ncoc2COCC(=O)O)c(C)c1. The average molecular weight is 332 g/mol. The van der Waals surface area contributed by atoms with E-state index >= 15 is 0 Å². The number of carbonyl (C=O) groups excluding carboxylic acids is 1. The van der Waals surface area contributed by atoms with E-state index in [1.165, 1.54) is 16.7 Å². The summed E-state index contributed by atoms with van der Waals surface area (Å²) in [6.07, 6.45) is 1.85. The van der Waals surface area contributed by atoms with Crippen LogP contribution in [-0.4, -0.2) is 35.1 Å². The summed E-state index contributed by atoms with van der Waals surface area (Å²) in [4.78, 5) is 26.4. The number of hydrogen-bond donors (Lipinski definition) is 2. The van der Waals surface area contributed by atoms with Crippen LogP contribution in [0, 0.1) is 13.8 Å². The standard InChI is InChI=1S/C17H20N2O5/c1-11-3-4-13(12(2)7-11)5-6-18-17(22)16-14(24-10-19-16)8-23-9-15(20)21/h3-4,7,10H,5-6,8-9H2,1-2H3,(H,18,22)(H,20,21). The number of aromatic nitrogens is 1. The summed E-state index contributed by atoms with van der Waals surface area (Å²) in [5.74, 6) is -1.25. The Bertz CT molecular complexity index is 724. The summed E-state index contributed by atoms with van der Waals surface area (Å²) in [5.41, 5.74) is 3.68. The molecule has 24 heavy (non-hydrogen) atoms. The second-order valence-electron chi connectivity index (χ2n) is 5.45. The molecule has 7 nitrogen and oxygen atoms in total. The van der Waals surface area contributed by atoms with Crippen LogP contribution in [0.3, 0.4) is 0 Å². The number of carboxylic acid groups (broad SMARTS) is 1. The summed E-state index contributed by atoms with van der Waals surface area (Å²) < 4.78 is 9.99. The second kappa shape index (κ2) is 8.26. The Morgan fingerprint density at radius 3 is 2.83 bits per heavy atom. The lowest BCUT2D eigenvalue weighted by Gasteiger charge is -2.08. The van der Waals surface area contributed by atoms with E-state index in [4.69, 9.17) is 14.3 Å². The Morgan fingerprint density at radius 1 is 1.33 bits per heavy atom. The first-order valence-corrected chi connectivity index (χ1v) is 7.53. The Morgan fingerprint density at radius 2 is 2.12 bits per heavy atom. The number of benzene rings is 1. The molecule has 0 bridgehead atoms. The van der Waals surface area contributed by atoms with E-state index in [1.807, 2.05) is 19.9 Å². The van der Waals surface area contributed by atoms with Crippen molar-refractivity contribution in [1.29, 1.82) is 0 Å². The van der Waals surface area contributed by atoms with Crippen molar-refractivity contribution >= 4 is 11.9 Å². The highest BCUT2D eigenvalue weighted by Crippen LogP contribution is 2.11. The van der Waals surface area contributed by atoms with Crippen LogP contribution < -0.4 is 5.32 Å². The maximum absolute atomic E-state index is 12.1. The molecule has 0 fully saturated rings. The van der Waals surface area contributed by atoms with Gasteiger partial charge in [-0.2, -0.15) is 0 Å². The largest absolute Gasteiger partial charge is 0.480 e. The van der Waals surface area contributed by atoms with Crippen LogP contribution in [0.4, 0.5) is 0 Å². The molecule has 7 heteroatoms. The van der Waals surface area contributed by atoms with Crippen molar-refractivity contribution in [3.05, 3.63) is 52.7 Å². The quantitative estimate of drug-likeness (QED) is 0.765. The fraction of sp³-hybridized carbons (Fsp3) is 0.353. The lowest BCUT2D eigenvalue weighted by Crippen LogP contribution is -2.27. The zero-order chi connectivity index (χ0) is 17.5. The van der Waals surface area contributed by atoms with Gasteiger partial charge >= 0.3 is 5.97 Å². The summed E-state index contributed by atoms with van der Waals surface area (Å²) in [6.45, 7) is 3.96. The third-order valence-corrected chi connectivity index (χ3v) is 3.49. The Kier molecular flexibility index (Phi) is 6.08. The van der Waals surface area contributed by atoms with Crippen LogP contribution in [0.5, 0.6) is 0 Å². The van der Waals surface area contributed by atoms with E-state index in [0.717, 1.165) is 6.39 Å². The van der Waals surface area contributed by atoms with Gasteiger partial charge in [0.15, 0.2) is 17.8 Å². The maximum Gasteiger partial charge on any atom is 0.329 e. The van der Waals surface area contributed by atoms with Gasteiger partial charge in [0.2, 0.25) is 0 Å². The monoisotopic (exact) mass is 332 g/mol. The predicted octanol–water partition coefficient (Wildman–Crippen LogP) is 1.87. The molecule has 0 unspecified atom stereocenters. The molecule has 2 aromatic rings. The molecule has 0 atom stereocenters. The smallest absolute Gasteiger partial charge is 0.329 e. The van der Waals surface area contributed by atoms with E-state index in [9.17, 15) is 9.59 Å². The number of ether oxygens (including phenoxy) is 1. The fourth-order valence-electron chi connectivity index (χ4n) is 2.31. The van der Waals surface area contributed by atoms with Crippen molar-refractivity contribution in [3.8, 4) is 0 Å². The summed E-state index contributed by atoms with van der Waals surface area (Å²) >= 11 is 0. The Hall–Kier alpha value is -2.67. The van der Waals surface area contributed by atoms with Gasteiger partial charge in [0.25, 0.3) is 5.91 Å². The molecule has 1 amide bonds. The van der Waals surface area contributed by atoms with E-state index in [2.05, 4.69) is 22.4 Å². The summed E-state index contributed by atoms with van der Waals surface area (Å²) in [6, 6.07) is 6.20. The Balaban J connectivity index is 1.86. The molecule has 2 N–H and O–H groups in total. The van der Waals surface area contributed by atoms with Gasteiger partial charge in [-0.05, 0) is 31.4 Å². The summed E-state index contributed by atoms with van der Waals surface area (Å²) in [7, 11) is 0. The number of hydrogen-bond acceptors (Lipinski definition) is 5. The molecule has 128 valence electrons. The predicted molar refractivity (Wildman–Crippen MR) is 85.7 cm³/mol. The molecule has 0 saturated heterocycles. The van der Waals surface area contributed by atoms with Gasteiger partial charge in [-0.3, -0.25) is 4.79 Å². The first-order chi connectivity index (χ1) is 11.5. The van der Waals surface area contributed by atoms with Crippen molar-refractivity contribution in [2.45, 2.75) is 26.9 Å². The van der Waals surface area contributed by atoms with Crippen LogP contribution in [0.25, 0.3) is 0 Å². The van der Waals surface area contributed by atoms with Crippen molar-refractivity contribution in [3.63, 3.8) is 0 Å². The van der Waals surface area contributed by atoms with Crippen LogP contribution in [0.2, 0.25) is 0 Å². The molecule has 0 spiro atoms. The van der Waals surface area contributed by atoms with Crippen molar-refractivity contribution in [2.24, 2.45) is 0 Å². The van der Waals surface area contributed by atoms with Crippen molar-refractivity contribution in [1.82, 2.24) is 10.3 Å². The van der Waals surface area contributed by atoms with Gasteiger partial charge in [-0.25, -0.2) is 9.78 Å². The molecule has 2 rings (SSSR count). The topological polar surface area (TPSA) is 102 Å². The fourth-order valence-corrected chi connectivity index (χ4v) is 2.31. The third kappa shape index (κ3) is 4.92. The number of nitrogens with zero attached hydrogens (tertiary/aromatic N) is 1. The highest BCUT2D eigenvalue weighted by Gasteiger charge is 2.16. The van der Waals surface area contributed by atoms with Gasteiger partial charge in [0.1, 0.15) is 13.2 Å². The first kappa shape index (κ1) is 17.7. The van der Waals surface area contributed by atoms with E-state index in [0.29, 0.717) is 13.0 Å². The number of rotatable bonds is 8. The van der Waals surface area contributed by atoms with Gasteiger partial charge < -0.3 is 19.6 Å². The lowest BCUT2D eigenvalue weighted by molar-refractivity contribution is -0.142. The molecule has 0 aliphatic heterocycles. The third-order valence-electron chi connectivity index (χ3n) is 3.49. The minimum atomic E-state index is -1.09. The number of aryl methyl sites for hydroxylation is 2. The van der Waals surface area contributed by atoms with Crippen molar-refractivity contribution in [2.75, 3.05) is 13.2 Å². The number of carboxylic acids is 1. The molecular weight excluding hydrogens is 312 g/mol. The molecule has 0 saturated carbocycles. The highest BCUT2D eigenvalue weighted by molar-refractivity contribution is 5.93. The molecule has 0 radical (unpaired) electrons. The van der Waals surface area contributed by atoms with Gasteiger partial charge in [0, 0.05) is 6.54 Å². The zero-order valence-electron chi connectivity index (χ0n) is 13.7. The van der Waals surface area contributed by atoms with Crippen molar-refractivity contribution < 1.29 is 23.8 Å². The second-order valence-corrected chi connectivity index (χ2v) is 5.45. The number of oxazole rings is 1. The molecule has 0 aliphatic carbocycles. The number of amides is 1. The Labute approximate surface area is 139 Å². The lowest BCUT2D eigenvalue weighted by atomic mass is 10.0. The normalized spacial score (nSPS) is 10.6. The van der Waals surface area contributed by atoms with Gasteiger partial charge in [-0.1, -0.05) is 23.8 Å². The van der Waals surface area contributed by atoms with E-state index in [1.54, 1.807) is 0 Å². The van der Waals surface area contributed by atoms with E-state index < -0.39 is 12.6 Å². The molecule has 1 aromatic heterocycles. The zero-order valence-corrected chi connectivity index (χ0v) is 13.7. The minimum absolute atomic E-state index is 0.112. The number of carbonyl (C=O) groups is 2. The number of aliphatic carboxylic acids is 1. The first-order valence-electron chi connectivity index (χ1n) is 7.53. The van der Waals surface area contributed by atoms with Crippen LogP contribution >= 0.6 is 0 Å². The minimum Gasteiger partial charge on any atom is -0.480 e. The van der Waals surface area contributed by atoms with Gasteiger partial charge in [-0.15, -0.1) is 0 Å². The molecule has 0 aliphatic rings. The summed E-state index contributed by atoms with van der Waals surface area (Å²) in [5, 5.41) is 11.3. The average Bonchev–Trinajstić information content (AvgIpc) is 2.97. The van der Waals surface area contributed by atoms with Crippen LogP contribution in [0.1, 0.15) is 32.9 Å². The molecular formula is C17H20N2O5. The molecule has 1 aromatic carbocycles.